The van der Waals surface area contributed by atoms with E-state index in [1.54, 1.807) is 0 Å². The van der Waals surface area contributed by atoms with Gasteiger partial charge in [0.1, 0.15) is 0 Å². The summed E-state index contributed by atoms with van der Waals surface area (Å²) in [5, 5.41) is 0. The van der Waals surface area contributed by atoms with Gasteiger partial charge in [0.25, 0.3) is 0 Å². The monoisotopic (exact) mass is 198 g/mol. The Morgan fingerprint density at radius 1 is 1.20 bits per heavy atom. The molecule has 2 aromatic rings. The van der Waals surface area contributed by atoms with E-state index in [0.717, 1.165) is 17.1 Å². The van der Waals surface area contributed by atoms with Gasteiger partial charge in [0, 0.05) is 6.20 Å². The van der Waals surface area contributed by atoms with Crippen LogP contribution in [-0.4, -0.2) is 10.7 Å². The number of aromatic nitrogens is 1. The molecule has 0 amide bonds. The van der Waals surface area contributed by atoms with Gasteiger partial charge in [0.15, 0.2) is 0 Å². The van der Waals surface area contributed by atoms with Crippen molar-refractivity contribution in [2.45, 2.75) is 13.8 Å². The lowest BCUT2D eigenvalue weighted by molar-refractivity contribution is 1.34. The zero-order chi connectivity index (χ0) is 10.7. The van der Waals surface area contributed by atoms with Crippen molar-refractivity contribution in [3.63, 3.8) is 0 Å². The summed E-state index contributed by atoms with van der Waals surface area (Å²) in [6, 6.07) is 12.2. The van der Waals surface area contributed by atoms with Crippen LogP contribution in [0.3, 0.4) is 0 Å². The van der Waals surface area contributed by atoms with Crippen molar-refractivity contribution in [2.24, 2.45) is 4.99 Å². The fourth-order valence-corrected chi connectivity index (χ4v) is 1.51. The van der Waals surface area contributed by atoms with Crippen LogP contribution in [0.2, 0.25) is 0 Å². The van der Waals surface area contributed by atoms with E-state index in [9.17, 15) is 0 Å². The van der Waals surface area contributed by atoms with Gasteiger partial charge in [-0.25, -0.2) is 0 Å². The number of hydrogen-bond acceptors (Lipinski definition) is 1. The minimum atomic E-state index is 1.00. The Balaban J connectivity index is 2.31. The Morgan fingerprint density at radius 2 is 2.07 bits per heavy atom. The highest BCUT2D eigenvalue weighted by Gasteiger charge is 1.97. The fraction of sp³-hybridized carbons (Fsp3) is 0.154. The molecule has 76 valence electrons. The second kappa shape index (κ2) is 4.13. The van der Waals surface area contributed by atoms with Crippen molar-refractivity contribution >= 4 is 11.4 Å². The van der Waals surface area contributed by atoms with Gasteiger partial charge in [-0.15, -0.1) is 0 Å². The highest BCUT2D eigenvalue weighted by Crippen LogP contribution is 2.14. The van der Waals surface area contributed by atoms with Crippen molar-refractivity contribution < 1.29 is 0 Å². The highest BCUT2D eigenvalue weighted by molar-refractivity contribution is 5.98. The van der Waals surface area contributed by atoms with Crippen molar-refractivity contribution in [1.29, 1.82) is 0 Å². The van der Waals surface area contributed by atoms with Gasteiger partial charge in [-0.1, -0.05) is 12.1 Å². The molecule has 0 aliphatic carbocycles. The molecule has 1 heterocycles. The molecule has 1 N–H and O–H groups in total. The minimum absolute atomic E-state index is 1.00. The average Bonchev–Trinajstić information content (AvgIpc) is 2.70. The van der Waals surface area contributed by atoms with Gasteiger partial charge in [-0.2, -0.15) is 0 Å². The average molecular weight is 198 g/mol. The number of nitrogens with zero attached hydrogens (tertiary/aromatic N) is 1. The Kier molecular flexibility index (Phi) is 2.68. The van der Waals surface area contributed by atoms with E-state index in [-0.39, 0.29) is 0 Å². The van der Waals surface area contributed by atoms with Crippen LogP contribution in [0.4, 0.5) is 5.69 Å². The number of H-pyrrole nitrogens is 1. The third-order valence-electron chi connectivity index (χ3n) is 2.29. The maximum Gasteiger partial charge on any atom is 0.0636 e. The topological polar surface area (TPSA) is 28.1 Å². The molecule has 0 bridgehead atoms. The van der Waals surface area contributed by atoms with Crippen LogP contribution in [0.5, 0.6) is 0 Å². The SMILES string of the molecule is CC(=Nc1cccc(C)c1)c1ccc[nH]1. The van der Waals surface area contributed by atoms with Crippen LogP contribution < -0.4 is 0 Å². The van der Waals surface area contributed by atoms with Crippen LogP contribution in [0.25, 0.3) is 0 Å². The zero-order valence-electron chi connectivity index (χ0n) is 8.99. The van der Waals surface area contributed by atoms with Crippen LogP contribution in [0.15, 0.2) is 47.6 Å². The highest BCUT2D eigenvalue weighted by atomic mass is 14.8. The molecule has 1 aromatic carbocycles. The second-order valence-electron chi connectivity index (χ2n) is 3.62. The molecule has 2 heteroatoms. The summed E-state index contributed by atoms with van der Waals surface area (Å²) in [4.78, 5) is 7.69. The van der Waals surface area contributed by atoms with E-state index in [4.69, 9.17) is 0 Å². The fourth-order valence-electron chi connectivity index (χ4n) is 1.51. The largest absolute Gasteiger partial charge is 0.360 e. The summed E-state index contributed by atoms with van der Waals surface area (Å²) in [6.07, 6.45) is 1.91. The number of aliphatic imine (C=N–C) groups is 1. The van der Waals surface area contributed by atoms with Crippen molar-refractivity contribution in [2.75, 3.05) is 0 Å². The molecular weight excluding hydrogens is 184 g/mol. The first kappa shape index (κ1) is 9.71. The predicted molar refractivity (Wildman–Crippen MR) is 63.8 cm³/mol. The molecule has 0 aliphatic rings. The molecule has 1 aromatic heterocycles. The zero-order valence-corrected chi connectivity index (χ0v) is 8.99. The molecule has 0 saturated carbocycles. The number of benzene rings is 1. The van der Waals surface area contributed by atoms with E-state index >= 15 is 0 Å². The Bertz CT molecular complexity index is 467. The molecule has 2 rings (SSSR count). The Morgan fingerprint density at radius 3 is 2.73 bits per heavy atom. The lowest BCUT2D eigenvalue weighted by Gasteiger charge is -1.99. The lowest BCUT2D eigenvalue weighted by Crippen LogP contribution is -1.93. The molecule has 0 saturated heterocycles. The third kappa shape index (κ3) is 2.34. The van der Waals surface area contributed by atoms with Crippen LogP contribution in [-0.2, 0) is 0 Å². The van der Waals surface area contributed by atoms with Gasteiger partial charge in [0.2, 0.25) is 0 Å². The first-order valence-corrected chi connectivity index (χ1v) is 5.01. The maximum absolute atomic E-state index is 4.55. The van der Waals surface area contributed by atoms with Gasteiger partial charge in [0.05, 0.1) is 17.1 Å². The molecule has 0 aliphatic heterocycles. The summed E-state index contributed by atoms with van der Waals surface area (Å²) in [5.74, 6) is 0. The molecule has 0 radical (unpaired) electrons. The molecule has 0 atom stereocenters. The molecule has 0 fully saturated rings. The molecular formula is C13H14N2. The van der Waals surface area contributed by atoms with Gasteiger partial charge < -0.3 is 4.98 Å². The molecule has 15 heavy (non-hydrogen) atoms. The number of hydrogen-bond donors (Lipinski definition) is 1. The Labute approximate surface area is 89.7 Å². The van der Waals surface area contributed by atoms with Crippen molar-refractivity contribution in [3.8, 4) is 0 Å². The van der Waals surface area contributed by atoms with Crippen LogP contribution in [0.1, 0.15) is 18.2 Å². The van der Waals surface area contributed by atoms with Crippen LogP contribution in [0, 0.1) is 6.92 Å². The van der Waals surface area contributed by atoms with Gasteiger partial charge >= 0.3 is 0 Å². The summed E-state index contributed by atoms with van der Waals surface area (Å²) >= 11 is 0. The molecule has 2 nitrogen and oxygen atoms in total. The number of nitrogens with one attached hydrogen (secondary N) is 1. The quantitative estimate of drug-likeness (QED) is 0.716. The maximum atomic E-state index is 4.55. The number of aryl methyl sites for hydroxylation is 1. The van der Waals surface area contributed by atoms with E-state index in [1.807, 2.05) is 37.4 Å². The summed E-state index contributed by atoms with van der Waals surface area (Å²) in [7, 11) is 0. The van der Waals surface area contributed by atoms with Crippen LogP contribution >= 0.6 is 0 Å². The smallest absolute Gasteiger partial charge is 0.0636 e. The summed E-state index contributed by atoms with van der Waals surface area (Å²) in [6.45, 7) is 4.08. The predicted octanol–water partition coefficient (Wildman–Crippen LogP) is 3.46. The van der Waals surface area contributed by atoms with Crippen molar-refractivity contribution in [1.82, 2.24) is 4.98 Å². The lowest BCUT2D eigenvalue weighted by atomic mass is 10.2. The first-order chi connectivity index (χ1) is 7.25. The second-order valence-corrected chi connectivity index (χ2v) is 3.62. The minimum Gasteiger partial charge on any atom is -0.360 e. The molecule has 0 unspecified atom stereocenters. The van der Waals surface area contributed by atoms with Crippen molar-refractivity contribution in [3.05, 3.63) is 53.9 Å². The number of rotatable bonds is 2. The van der Waals surface area contributed by atoms with Gasteiger partial charge in [-0.05, 0) is 43.7 Å². The third-order valence-corrected chi connectivity index (χ3v) is 2.29. The van der Waals surface area contributed by atoms with E-state index < -0.39 is 0 Å². The normalized spacial score (nSPS) is 11.7. The standard InChI is InChI=1S/C13H14N2/c1-10-5-3-6-12(9-10)15-11(2)13-7-4-8-14-13/h3-9,14H,1-2H3. The number of aromatic amines is 1. The Hall–Kier alpha value is -1.83. The summed E-state index contributed by atoms with van der Waals surface area (Å²) < 4.78 is 0. The summed E-state index contributed by atoms with van der Waals surface area (Å²) in [5.41, 5.74) is 4.31. The van der Waals surface area contributed by atoms with E-state index in [1.165, 1.54) is 5.56 Å². The first-order valence-electron chi connectivity index (χ1n) is 5.01. The molecule has 0 spiro atoms. The van der Waals surface area contributed by atoms with E-state index in [0.29, 0.717) is 0 Å². The van der Waals surface area contributed by atoms with Gasteiger partial charge in [-0.3, -0.25) is 4.99 Å². The van der Waals surface area contributed by atoms with E-state index in [2.05, 4.69) is 29.0 Å².